The van der Waals surface area contributed by atoms with Crippen LogP contribution in [-0.4, -0.2) is 28.0 Å². The largest absolute Gasteiger partial charge is 0.368 e. The average molecular weight is 245 g/mol. The zero-order chi connectivity index (χ0) is 12.4. The first-order valence-corrected chi connectivity index (χ1v) is 6.19. The van der Waals surface area contributed by atoms with Gasteiger partial charge in [0.2, 0.25) is 0 Å². The third kappa shape index (κ3) is 2.22. The number of hydrogen-bond acceptors (Lipinski definition) is 3. The molecular weight excluding hydrogens is 230 g/mol. The SMILES string of the molecule is O=C(Nc1cn2ccccc2n1)C1CCCCO1. The summed E-state index contributed by atoms with van der Waals surface area (Å²) in [5, 5.41) is 2.81. The number of amides is 1. The van der Waals surface area contributed by atoms with Crippen LogP contribution in [0.25, 0.3) is 5.65 Å². The lowest BCUT2D eigenvalue weighted by molar-refractivity contribution is -0.130. The van der Waals surface area contributed by atoms with Gasteiger partial charge in [-0.15, -0.1) is 0 Å². The fourth-order valence-electron chi connectivity index (χ4n) is 2.15. The summed E-state index contributed by atoms with van der Waals surface area (Å²) in [6.45, 7) is 0.670. The first-order valence-electron chi connectivity index (χ1n) is 6.19. The highest BCUT2D eigenvalue weighted by atomic mass is 16.5. The van der Waals surface area contributed by atoms with Gasteiger partial charge in [0.05, 0.1) is 6.20 Å². The van der Waals surface area contributed by atoms with Gasteiger partial charge in [-0.25, -0.2) is 4.98 Å². The van der Waals surface area contributed by atoms with Crippen LogP contribution in [0.3, 0.4) is 0 Å². The van der Waals surface area contributed by atoms with Gasteiger partial charge in [0.25, 0.3) is 5.91 Å². The number of nitrogens with one attached hydrogen (secondary N) is 1. The van der Waals surface area contributed by atoms with E-state index in [9.17, 15) is 4.79 Å². The number of rotatable bonds is 2. The second-order valence-electron chi connectivity index (χ2n) is 4.44. The summed E-state index contributed by atoms with van der Waals surface area (Å²) in [5.74, 6) is 0.471. The highest BCUT2D eigenvalue weighted by Gasteiger charge is 2.22. The van der Waals surface area contributed by atoms with E-state index in [1.165, 1.54) is 0 Å². The molecule has 1 saturated heterocycles. The van der Waals surface area contributed by atoms with Gasteiger partial charge in [0, 0.05) is 12.8 Å². The molecular formula is C13H15N3O2. The molecule has 0 saturated carbocycles. The molecule has 1 N–H and O–H groups in total. The molecule has 0 aromatic carbocycles. The van der Waals surface area contributed by atoms with Crippen LogP contribution < -0.4 is 5.32 Å². The zero-order valence-corrected chi connectivity index (χ0v) is 10.0. The van der Waals surface area contributed by atoms with Gasteiger partial charge < -0.3 is 14.5 Å². The summed E-state index contributed by atoms with van der Waals surface area (Å²) in [4.78, 5) is 16.3. The second-order valence-corrected chi connectivity index (χ2v) is 4.44. The number of nitrogens with zero attached hydrogens (tertiary/aromatic N) is 2. The second kappa shape index (κ2) is 4.78. The Morgan fingerprint density at radius 2 is 2.39 bits per heavy atom. The smallest absolute Gasteiger partial charge is 0.254 e. The van der Waals surface area contributed by atoms with Crippen molar-refractivity contribution < 1.29 is 9.53 Å². The van der Waals surface area contributed by atoms with Gasteiger partial charge in [-0.1, -0.05) is 6.07 Å². The van der Waals surface area contributed by atoms with Crippen molar-refractivity contribution in [2.24, 2.45) is 0 Å². The summed E-state index contributed by atoms with van der Waals surface area (Å²) < 4.78 is 7.31. The molecule has 0 bridgehead atoms. The Bertz CT molecular complexity index is 525. The molecule has 1 amide bonds. The maximum atomic E-state index is 12.0. The highest BCUT2D eigenvalue weighted by Crippen LogP contribution is 2.15. The van der Waals surface area contributed by atoms with Gasteiger partial charge in [-0.2, -0.15) is 0 Å². The third-order valence-corrected chi connectivity index (χ3v) is 3.09. The van der Waals surface area contributed by atoms with Crippen molar-refractivity contribution in [3.63, 3.8) is 0 Å². The van der Waals surface area contributed by atoms with Gasteiger partial charge in [-0.05, 0) is 31.4 Å². The van der Waals surface area contributed by atoms with Crippen molar-refractivity contribution in [2.45, 2.75) is 25.4 Å². The molecule has 1 aliphatic rings. The number of carbonyl (C=O) groups excluding carboxylic acids is 1. The average Bonchev–Trinajstić information content (AvgIpc) is 2.82. The number of pyridine rings is 1. The van der Waals surface area contributed by atoms with E-state index in [1.807, 2.05) is 28.8 Å². The summed E-state index contributed by atoms with van der Waals surface area (Å²) in [6, 6.07) is 5.73. The number of fused-ring (bicyclic) bond motifs is 1. The molecule has 5 heteroatoms. The number of carbonyl (C=O) groups is 1. The molecule has 1 atom stereocenters. The van der Waals surface area contributed by atoms with Gasteiger partial charge >= 0.3 is 0 Å². The Labute approximate surface area is 105 Å². The predicted molar refractivity (Wildman–Crippen MR) is 67.4 cm³/mol. The van der Waals surface area contributed by atoms with Crippen LogP contribution in [0.4, 0.5) is 5.82 Å². The lowest BCUT2D eigenvalue weighted by Crippen LogP contribution is -2.33. The van der Waals surface area contributed by atoms with E-state index in [2.05, 4.69) is 10.3 Å². The van der Waals surface area contributed by atoms with Crippen LogP contribution in [0.5, 0.6) is 0 Å². The molecule has 94 valence electrons. The Balaban J connectivity index is 1.73. The third-order valence-electron chi connectivity index (χ3n) is 3.09. The van der Waals surface area contributed by atoms with E-state index in [0.29, 0.717) is 12.4 Å². The molecule has 5 nitrogen and oxygen atoms in total. The molecule has 1 fully saturated rings. The fourth-order valence-corrected chi connectivity index (χ4v) is 2.15. The summed E-state index contributed by atoms with van der Waals surface area (Å²) in [6.07, 6.45) is 6.25. The van der Waals surface area contributed by atoms with Crippen molar-refractivity contribution in [3.8, 4) is 0 Å². The number of ether oxygens (including phenoxy) is 1. The maximum absolute atomic E-state index is 12.0. The monoisotopic (exact) mass is 245 g/mol. The topological polar surface area (TPSA) is 55.6 Å². The van der Waals surface area contributed by atoms with Crippen LogP contribution in [0.15, 0.2) is 30.6 Å². The minimum absolute atomic E-state index is 0.0990. The van der Waals surface area contributed by atoms with Crippen molar-refractivity contribution >= 4 is 17.4 Å². The quantitative estimate of drug-likeness (QED) is 0.878. The lowest BCUT2D eigenvalue weighted by Gasteiger charge is -2.20. The van der Waals surface area contributed by atoms with E-state index in [0.717, 1.165) is 24.9 Å². The first kappa shape index (κ1) is 11.2. The lowest BCUT2D eigenvalue weighted by atomic mass is 10.1. The van der Waals surface area contributed by atoms with Crippen LogP contribution in [0.2, 0.25) is 0 Å². The van der Waals surface area contributed by atoms with Crippen LogP contribution >= 0.6 is 0 Å². The van der Waals surface area contributed by atoms with Crippen LogP contribution in [-0.2, 0) is 9.53 Å². The first-order chi connectivity index (χ1) is 8.83. The van der Waals surface area contributed by atoms with Crippen molar-refractivity contribution in [2.75, 3.05) is 11.9 Å². The van der Waals surface area contributed by atoms with E-state index >= 15 is 0 Å². The normalized spacial score (nSPS) is 19.9. The summed E-state index contributed by atoms with van der Waals surface area (Å²) >= 11 is 0. The Morgan fingerprint density at radius 3 is 3.17 bits per heavy atom. The van der Waals surface area contributed by atoms with E-state index in [4.69, 9.17) is 4.74 Å². The predicted octanol–water partition coefficient (Wildman–Crippen LogP) is 1.84. The number of hydrogen-bond donors (Lipinski definition) is 1. The molecule has 2 aromatic heterocycles. The van der Waals surface area contributed by atoms with E-state index < -0.39 is 0 Å². The molecule has 2 aromatic rings. The minimum atomic E-state index is -0.330. The standard InChI is InChI=1S/C13H15N3O2/c17-13(10-5-2-4-8-18-10)15-11-9-16-7-3-1-6-12(16)14-11/h1,3,6-7,9-10H,2,4-5,8H2,(H,15,17). The van der Waals surface area contributed by atoms with Crippen molar-refractivity contribution in [1.29, 1.82) is 0 Å². The molecule has 0 aliphatic carbocycles. The molecule has 1 aliphatic heterocycles. The molecule has 1 unspecified atom stereocenters. The van der Waals surface area contributed by atoms with Crippen LogP contribution in [0.1, 0.15) is 19.3 Å². The Hall–Kier alpha value is -1.88. The maximum Gasteiger partial charge on any atom is 0.254 e. The van der Waals surface area contributed by atoms with Gasteiger partial charge in [0.15, 0.2) is 5.82 Å². The summed E-state index contributed by atoms with van der Waals surface area (Å²) in [7, 11) is 0. The Kier molecular flexibility index (Phi) is 2.98. The molecule has 3 rings (SSSR count). The summed E-state index contributed by atoms with van der Waals surface area (Å²) in [5.41, 5.74) is 0.817. The van der Waals surface area contributed by atoms with Crippen LogP contribution in [0, 0.1) is 0 Å². The van der Waals surface area contributed by atoms with E-state index in [1.54, 1.807) is 6.20 Å². The van der Waals surface area contributed by atoms with Gasteiger partial charge in [-0.3, -0.25) is 4.79 Å². The number of aromatic nitrogens is 2. The molecule has 18 heavy (non-hydrogen) atoms. The molecule has 0 spiro atoms. The molecule has 0 radical (unpaired) electrons. The number of anilines is 1. The minimum Gasteiger partial charge on any atom is -0.368 e. The highest BCUT2D eigenvalue weighted by molar-refractivity contribution is 5.93. The van der Waals surface area contributed by atoms with Crippen molar-refractivity contribution in [1.82, 2.24) is 9.38 Å². The number of imidazole rings is 1. The van der Waals surface area contributed by atoms with E-state index in [-0.39, 0.29) is 12.0 Å². The molecule has 3 heterocycles. The van der Waals surface area contributed by atoms with Gasteiger partial charge in [0.1, 0.15) is 11.8 Å². The fraction of sp³-hybridized carbons (Fsp3) is 0.385. The van der Waals surface area contributed by atoms with Crippen molar-refractivity contribution in [3.05, 3.63) is 30.6 Å². The Morgan fingerprint density at radius 1 is 1.44 bits per heavy atom. The zero-order valence-electron chi connectivity index (χ0n) is 10.0.